The molecule has 1 amide bonds. The normalized spacial score (nSPS) is 19.9. The second kappa shape index (κ2) is 6.64. The van der Waals surface area contributed by atoms with Crippen molar-refractivity contribution in [2.75, 3.05) is 24.5 Å². The van der Waals surface area contributed by atoms with Gasteiger partial charge in [-0.15, -0.1) is 0 Å². The first-order valence-electron chi connectivity index (χ1n) is 9.63. The highest BCUT2D eigenvalue weighted by Gasteiger charge is 2.33. The van der Waals surface area contributed by atoms with Gasteiger partial charge in [0.2, 0.25) is 5.95 Å². The number of fused-ring (bicyclic) bond motifs is 1. The van der Waals surface area contributed by atoms with Crippen molar-refractivity contribution in [2.24, 2.45) is 0 Å². The summed E-state index contributed by atoms with van der Waals surface area (Å²) in [6, 6.07) is 7.83. The van der Waals surface area contributed by atoms with E-state index in [0.717, 1.165) is 62.6 Å². The lowest BCUT2D eigenvalue weighted by atomic mass is 10.2. The number of hydrogen-bond donors (Lipinski definition) is 0. The van der Waals surface area contributed by atoms with Gasteiger partial charge in [-0.05, 0) is 43.9 Å². The molecule has 1 unspecified atom stereocenters. The Labute approximate surface area is 157 Å². The Morgan fingerprint density at radius 3 is 2.63 bits per heavy atom. The van der Waals surface area contributed by atoms with Crippen LogP contribution in [0.25, 0.3) is 5.52 Å². The maximum atomic E-state index is 13.1. The Balaban J connectivity index is 1.58. The average molecular weight is 362 g/mol. The molecule has 3 aromatic rings. The number of amides is 1. The van der Waals surface area contributed by atoms with Crippen LogP contribution in [-0.2, 0) is 0 Å². The lowest BCUT2D eigenvalue weighted by Gasteiger charge is -2.23. The molecule has 27 heavy (non-hydrogen) atoms. The number of anilines is 1. The Bertz CT molecular complexity index is 963. The first-order chi connectivity index (χ1) is 13.3. The van der Waals surface area contributed by atoms with E-state index in [9.17, 15) is 4.79 Å². The minimum atomic E-state index is 0.0444. The van der Waals surface area contributed by atoms with E-state index >= 15 is 0 Å². The molecule has 0 bridgehead atoms. The lowest BCUT2D eigenvalue weighted by Crippen LogP contribution is -2.28. The molecule has 1 atom stereocenters. The van der Waals surface area contributed by atoms with Crippen LogP contribution in [0.1, 0.15) is 48.0 Å². The van der Waals surface area contributed by atoms with Crippen molar-refractivity contribution in [1.82, 2.24) is 24.3 Å². The zero-order valence-electron chi connectivity index (χ0n) is 15.2. The van der Waals surface area contributed by atoms with Gasteiger partial charge in [-0.1, -0.05) is 6.07 Å². The van der Waals surface area contributed by atoms with Gasteiger partial charge in [0.15, 0.2) is 5.69 Å². The van der Waals surface area contributed by atoms with Gasteiger partial charge < -0.3 is 14.2 Å². The van der Waals surface area contributed by atoms with Crippen molar-refractivity contribution >= 4 is 17.4 Å². The monoisotopic (exact) mass is 362 g/mol. The molecule has 0 aromatic carbocycles. The van der Waals surface area contributed by atoms with E-state index in [2.05, 4.69) is 19.3 Å². The fourth-order valence-corrected chi connectivity index (χ4v) is 4.24. The maximum absolute atomic E-state index is 13.1. The third-order valence-corrected chi connectivity index (χ3v) is 5.53. The van der Waals surface area contributed by atoms with Crippen LogP contribution in [0.5, 0.6) is 0 Å². The van der Waals surface area contributed by atoms with Gasteiger partial charge in [0.05, 0.1) is 11.6 Å². The first kappa shape index (κ1) is 16.2. The molecule has 2 fully saturated rings. The third-order valence-electron chi connectivity index (χ3n) is 5.53. The number of aromatic nitrogens is 4. The van der Waals surface area contributed by atoms with Crippen LogP contribution < -0.4 is 4.90 Å². The molecule has 7 heteroatoms. The van der Waals surface area contributed by atoms with Crippen LogP contribution in [0.15, 0.2) is 42.9 Å². The summed E-state index contributed by atoms with van der Waals surface area (Å²) < 4.78 is 2.06. The zero-order chi connectivity index (χ0) is 18.2. The summed E-state index contributed by atoms with van der Waals surface area (Å²) in [5.41, 5.74) is 1.44. The van der Waals surface area contributed by atoms with Crippen molar-refractivity contribution in [3.63, 3.8) is 0 Å². The number of likely N-dealkylation sites (tertiary alicyclic amines) is 1. The van der Waals surface area contributed by atoms with E-state index in [1.807, 2.05) is 35.4 Å². The van der Waals surface area contributed by atoms with Crippen molar-refractivity contribution in [1.29, 1.82) is 0 Å². The Morgan fingerprint density at radius 1 is 1.00 bits per heavy atom. The highest BCUT2D eigenvalue weighted by molar-refractivity contribution is 5.99. The largest absolute Gasteiger partial charge is 0.337 e. The van der Waals surface area contributed by atoms with Crippen LogP contribution in [-0.4, -0.2) is 49.8 Å². The van der Waals surface area contributed by atoms with Crippen molar-refractivity contribution < 1.29 is 4.79 Å². The van der Waals surface area contributed by atoms with E-state index in [4.69, 9.17) is 4.98 Å². The number of pyridine rings is 1. The quantitative estimate of drug-likeness (QED) is 0.717. The number of rotatable bonds is 3. The van der Waals surface area contributed by atoms with E-state index in [-0.39, 0.29) is 11.9 Å². The van der Waals surface area contributed by atoms with Gasteiger partial charge >= 0.3 is 0 Å². The zero-order valence-corrected chi connectivity index (χ0v) is 15.2. The number of carbonyl (C=O) groups excluding carboxylic acids is 1. The van der Waals surface area contributed by atoms with Gasteiger partial charge in [-0.3, -0.25) is 4.79 Å². The van der Waals surface area contributed by atoms with E-state index in [0.29, 0.717) is 5.69 Å². The summed E-state index contributed by atoms with van der Waals surface area (Å²) in [6.07, 6.45) is 9.72. The summed E-state index contributed by atoms with van der Waals surface area (Å²) >= 11 is 0. The van der Waals surface area contributed by atoms with Gasteiger partial charge in [-0.25, -0.2) is 15.0 Å². The number of nitrogens with zero attached hydrogens (tertiary/aromatic N) is 6. The molecule has 0 radical (unpaired) electrons. The van der Waals surface area contributed by atoms with Crippen molar-refractivity contribution in [2.45, 2.75) is 31.7 Å². The Kier molecular flexibility index (Phi) is 3.99. The lowest BCUT2D eigenvalue weighted by molar-refractivity contribution is 0.0789. The smallest absolute Gasteiger partial charge is 0.274 e. The van der Waals surface area contributed by atoms with E-state index in [1.165, 1.54) is 0 Å². The SMILES string of the molecule is O=C(c1nc(C2CCCN2c2ncccn2)n2ccccc12)N1CCCC1. The van der Waals surface area contributed by atoms with Crippen LogP contribution in [0, 0.1) is 0 Å². The van der Waals surface area contributed by atoms with Crippen molar-refractivity contribution in [3.8, 4) is 0 Å². The minimum Gasteiger partial charge on any atom is -0.337 e. The molecule has 5 heterocycles. The summed E-state index contributed by atoms with van der Waals surface area (Å²) in [5, 5.41) is 0. The third kappa shape index (κ3) is 2.74. The van der Waals surface area contributed by atoms with Crippen LogP contribution in [0.4, 0.5) is 5.95 Å². The molecule has 2 aliphatic heterocycles. The number of imidazole rings is 1. The van der Waals surface area contributed by atoms with Gasteiger partial charge in [-0.2, -0.15) is 0 Å². The molecule has 2 aliphatic rings. The maximum Gasteiger partial charge on any atom is 0.274 e. The molecule has 0 aliphatic carbocycles. The van der Waals surface area contributed by atoms with Crippen LogP contribution >= 0.6 is 0 Å². The standard InChI is InChI=1S/C20H22N6O/c27-19(24-11-3-4-12-24)17-15-7-1-2-13-25(15)18(23-17)16-8-5-14-26(16)20-21-9-6-10-22-20/h1-2,6-7,9-10,13,16H,3-5,8,11-12,14H2. The molecule has 3 aromatic heterocycles. The summed E-state index contributed by atoms with van der Waals surface area (Å²) in [6.45, 7) is 2.55. The van der Waals surface area contributed by atoms with Gasteiger partial charge in [0, 0.05) is 38.2 Å². The Hall–Kier alpha value is -2.96. The molecule has 7 nitrogen and oxygen atoms in total. The summed E-state index contributed by atoms with van der Waals surface area (Å²) in [5.74, 6) is 1.67. The second-order valence-electron chi connectivity index (χ2n) is 7.17. The average Bonchev–Trinajstić information content (AvgIpc) is 3.47. The van der Waals surface area contributed by atoms with Gasteiger partial charge in [0.1, 0.15) is 5.82 Å². The highest BCUT2D eigenvalue weighted by Crippen LogP contribution is 2.35. The molecular weight excluding hydrogens is 340 g/mol. The fraction of sp³-hybridized carbons (Fsp3) is 0.400. The fourth-order valence-electron chi connectivity index (χ4n) is 4.24. The number of carbonyl (C=O) groups is 1. The topological polar surface area (TPSA) is 66.6 Å². The highest BCUT2D eigenvalue weighted by atomic mass is 16.2. The molecule has 5 rings (SSSR count). The van der Waals surface area contributed by atoms with Crippen LogP contribution in [0.3, 0.4) is 0 Å². The van der Waals surface area contributed by atoms with E-state index in [1.54, 1.807) is 12.4 Å². The summed E-state index contributed by atoms with van der Waals surface area (Å²) in [7, 11) is 0. The molecule has 2 saturated heterocycles. The van der Waals surface area contributed by atoms with Crippen LogP contribution in [0.2, 0.25) is 0 Å². The molecule has 0 saturated carbocycles. The van der Waals surface area contributed by atoms with Crippen molar-refractivity contribution in [3.05, 3.63) is 54.4 Å². The molecule has 0 N–H and O–H groups in total. The molecule has 0 spiro atoms. The van der Waals surface area contributed by atoms with Gasteiger partial charge in [0.25, 0.3) is 5.91 Å². The van der Waals surface area contributed by atoms with E-state index < -0.39 is 0 Å². The Morgan fingerprint density at radius 2 is 1.81 bits per heavy atom. The predicted molar refractivity (Wildman–Crippen MR) is 102 cm³/mol. The predicted octanol–water partition coefficient (Wildman–Crippen LogP) is 2.70. The second-order valence-corrected chi connectivity index (χ2v) is 7.17. The summed E-state index contributed by atoms with van der Waals surface area (Å²) in [4.78, 5) is 30.9. The molecule has 138 valence electrons. The number of hydrogen-bond acceptors (Lipinski definition) is 5. The minimum absolute atomic E-state index is 0.0444. The first-order valence-corrected chi connectivity index (χ1v) is 9.63. The molecular formula is C20H22N6O.